The molecule has 1 heterocycles. The highest BCUT2D eigenvalue weighted by Gasteiger charge is 2.37. The van der Waals surface area contributed by atoms with Gasteiger partial charge in [0.1, 0.15) is 0 Å². The summed E-state index contributed by atoms with van der Waals surface area (Å²) in [5.74, 6) is 0. The molecule has 0 amide bonds. The number of aryl methyl sites for hydroxylation is 1. The monoisotopic (exact) mass is 250 g/mol. The average molecular weight is 250 g/mol. The van der Waals surface area contributed by atoms with Crippen LogP contribution in [0.25, 0.3) is 0 Å². The molecule has 0 saturated heterocycles. The first-order valence-electron chi connectivity index (χ1n) is 7.14. The fraction of sp³-hybridized carbons (Fsp3) is 0.786. The number of nitrogens with two attached hydrogens (primary N) is 1. The third-order valence-electron chi connectivity index (χ3n) is 4.53. The first-order chi connectivity index (χ1) is 8.72. The van der Waals surface area contributed by atoms with Gasteiger partial charge in [-0.1, -0.05) is 19.8 Å². The molecule has 102 valence electrons. The molecule has 1 aliphatic carbocycles. The predicted molar refractivity (Wildman–Crippen MR) is 74.4 cm³/mol. The van der Waals surface area contributed by atoms with Crippen molar-refractivity contribution in [3.63, 3.8) is 0 Å². The first kappa shape index (κ1) is 13.6. The van der Waals surface area contributed by atoms with Crippen LogP contribution >= 0.6 is 0 Å². The summed E-state index contributed by atoms with van der Waals surface area (Å²) in [7, 11) is 2.01. The van der Waals surface area contributed by atoms with Gasteiger partial charge in [-0.2, -0.15) is 5.10 Å². The zero-order valence-electron chi connectivity index (χ0n) is 11.7. The van der Waals surface area contributed by atoms with Crippen molar-refractivity contribution in [3.8, 4) is 0 Å². The Kier molecular flexibility index (Phi) is 4.40. The molecule has 0 radical (unpaired) electrons. The van der Waals surface area contributed by atoms with Crippen molar-refractivity contribution in [3.05, 3.63) is 18.0 Å². The van der Waals surface area contributed by atoms with Gasteiger partial charge in [0.2, 0.25) is 0 Å². The van der Waals surface area contributed by atoms with E-state index >= 15 is 0 Å². The van der Waals surface area contributed by atoms with Gasteiger partial charge in [0.15, 0.2) is 0 Å². The van der Waals surface area contributed by atoms with Crippen molar-refractivity contribution in [1.82, 2.24) is 14.7 Å². The molecule has 0 unspecified atom stereocenters. The van der Waals surface area contributed by atoms with Crippen LogP contribution in [-0.4, -0.2) is 39.9 Å². The minimum Gasteiger partial charge on any atom is -0.329 e. The van der Waals surface area contributed by atoms with Gasteiger partial charge >= 0.3 is 0 Å². The molecule has 0 atom stereocenters. The zero-order valence-corrected chi connectivity index (χ0v) is 11.7. The lowest BCUT2D eigenvalue weighted by atomic mass is 9.94. The van der Waals surface area contributed by atoms with Crippen LogP contribution in [0.1, 0.15) is 38.3 Å². The lowest BCUT2D eigenvalue weighted by molar-refractivity contribution is 0.106. The van der Waals surface area contributed by atoms with Gasteiger partial charge in [0, 0.05) is 44.0 Å². The van der Waals surface area contributed by atoms with E-state index < -0.39 is 0 Å². The van der Waals surface area contributed by atoms with Crippen molar-refractivity contribution >= 4 is 0 Å². The second kappa shape index (κ2) is 5.85. The van der Waals surface area contributed by atoms with Gasteiger partial charge in [-0.25, -0.2) is 0 Å². The Morgan fingerprint density at radius 1 is 1.44 bits per heavy atom. The standard InChI is InChI=1S/C14H26N4/c1-3-18(14(12-15)8-4-5-9-14)11-7-13-6-10-16-17(13)2/h6,10H,3-5,7-9,11-12,15H2,1-2H3. The molecule has 1 aliphatic rings. The summed E-state index contributed by atoms with van der Waals surface area (Å²) in [6.45, 7) is 5.23. The largest absolute Gasteiger partial charge is 0.329 e. The second-order valence-corrected chi connectivity index (χ2v) is 5.41. The van der Waals surface area contributed by atoms with E-state index in [0.29, 0.717) is 0 Å². The van der Waals surface area contributed by atoms with Gasteiger partial charge in [0.25, 0.3) is 0 Å². The summed E-state index contributed by atoms with van der Waals surface area (Å²) < 4.78 is 1.97. The van der Waals surface area contributed by atoms with E-state index in [0.717, 1.165) is 26.1 Å². The third kappa shape index (κ3) is 2.59. The second-order valence-electron chi connectivity index (χ2n) is 5.41. The fourth-order valence-electron chi connectivity index (χ4n) is 3.31. The summed E-state index contributed by atoms with van der Waals surface area (Å²) in [6, 6.07) is 2.11. The third-order valence-corrected chi connectivity index (χ3v) is 4.53. The minimum atomic E-state index is 0.271. The van der Waals surface area contributed by atoms with Crippen LogP contribution in [0.4, 0.5) is 0 Å². The van der Waals surface area contributed by atoms with Crippen molar-refractivity contribution in [1.29, 1.82) is 0 Å². The quantitative estimate of drug-likeness (QED) is 0.833. The van der Waals surface area contributed by atoms with Crippen LogP contribution in [0, 0.1) is 0 Å². The Morgan fingerprint density at radius 2 is 2.17 bits per heavy atom. The van der Waals surface area contributed by atoms with E-state index in [1.807, 2.05) is 17.9 Å². The van der Waals surface area contributed by atoms with Crippen LogP contribution < -0.4 is 5.73 Å². The molecule has 2 N–H and O–H groups in total. The Morgan fingerprint density at radius 3 is 2.67 bits per heavy atom. The molecule has 4 nitrogen and oxygen atoms in total. The average Bonchev–Trinajstić information content (AvgIpc) is 3.01. The highest BCUT2D eigenvalue weighted by Crippen LogP contribution is 2.34. The van der Waals surface area contributed by atoms with Crippen LogP contribution in [0.5, 0.6) is 0 Å². The summed E-state index contributed by atoms with van der Waals surface area (Å²) in [4.78, 5) is 2.59. The van der Waals surface area contributed by atoms with Crippen LogP contribution in [0.3, 0.4) is 0 Å². The van der Waals surface area contributed by atoms with Gasteiger partial charge < -0.3 is 5.73 Å². The molecule has 0 spiro atoms. The molecule has 1 fully saturated rings. The highest BCUT2D eigenvalue weighted by molar-refractivity contribution is 5.02. The molecule has 1 aromatic heterocycles. The van der Waals surface area contributed by atoms with E-state index in [2.05, 4.69) is 23.0 Å². The maximum atomic E-state index is 6.06. The van der Waals surface area contributed by atoms with E-state index in [4.69, 9.17) is 5.73 Å². The van der Waals surface area contributed by atoms with E-state index in [9.17, 15) is 0 Å². The van der Waals surface area contributed by atoms with Crippen molar-refractivity contribution in [2.75, 3.05) is 19.6 Å². The molecule has 18 heavy (non-hydrogen) atoms. The van der Waals surface area contributed by atoms with Gasteiger partial charge in [-0.3, -0.25) is 9.58 Å². The molecule has 4 heteroatoms. The number of likely N-dealkylation sites (N-methyl/N-ethyl adjacent to an activating group) is 1. The summed E-state index contributed by atoms with van der Waals surface area (Å²) in [6.07, 6.45) is 8.14. The van der Waals surface area contributed by atoms with Gasteiger partial charge in [0.05, 0.1) is 0 Å². The lowest BCUT2D eigenvalue weighted by Crippen LogP contribution is -2.52. The SMILES string of the molecule is CCN(CCc1ccnn1C)C1(CN)CCCC1. The number of rotatable bonds is 6. The number of hydrogen-bond donors (Lipinski definition) is 1. The Hall–Kier alpha value is -0.870. The van der Waals surface area contributed by atoms with E-state index in [1.165, 1.54) is 31.4 Å². The molecule has 2 rings (SSSR count). The summed E-state index contributed by atoms with van der Waals surface area (Å²) in [5.41, 5.74) is 7.64. The highest BCUT2D eigenvalue weighted by atomic mass is 15.3. The first-order valence-corrected chi connectivity index (χ1v) is 7.14. The molecule has 0 aliphatic heterocycles. The van der Waals surface area contributed by atoms with Crippen LogP contribution in [-0.2, 0) is 13.5 Å². The summed E-state index contributed by atoms with van der Waals surface area (Å²) in [5, 5.41) is 4.23. The molecular formula is C14H26N4. The maximum absolute atomic E-state index is 6.06. The minimum absolute atomic E-state index is 0.271. The van der Waals surface area contributed by atoms with Crippen molar-refractivity contribution < 1.29 is 0 Å². The molecule has 0 aromatic carbocycles. The van der Waals surface area contributed by atoms with E-state index in [-0.39, 0.29) is 5.54 Å². The predicted octanol–water partition coefficient (Wildman–Crippen LogP) is 1.56. The normalized spacial score (nSPS) is 18.7. The zero-order chi connectivity index (χ0) is 13.0. The lowest BCUT2D eigenvalue weighted by Gasteiger charge is -2.40. The molecule has 1 aromatic rings. The smallest absolute Gasteiger partial charge is 0.0492 e. The van der Waals surface area contributed by atoms with Crippen molar-refractivity contribution in [2.45, 2.75) is 44.6 Å². The molecule has 1 saturated carbocycles. The van der Waals surface area contributed by atoms with Gasteiger partial charge in [-0.05, 0) is 25.5 Å². The van der Waals surface area contributed by atoms with E-state index in [1.54, 1.807) is 0 Å². The Balaban J connectivity index is 1.98. The fourth-order valence-corrected chi connectivity index (χ4v) is 3.31. The number of aromatic nitrogens is 2. The maximum Gasteiger partial charge on any atom is 0.0492 e. The number of nitrogens with zero attached hydrogens (tertiary/aromatic N) is 3. The Bertz CT molecular complexity index is 366. The summed E-state index contributed by atoms with van der Waals surface area (Å²) >= 11 is 0. The Labute approximate surface area is 110 Å². The molecule has 0 bridgehead atoms. The van der Waals surface area contributed by atoms with Gasteiger partial charge in [-0.15, -0.1) is 0 Å². The van der Waals surface area contributed by atoms with Crippen LogP contribution in [0.15, 0.2) is 12.3 Å². The number of hydrogen-bond acceptors (Lipinski definition) is 3. The van der Waals surface area contributed by atoms with Crippen molar-refractivity contribution in [2.24, 2.45) is 12.8 Å². The molecular weight excluding hydrogens is 224 g/mol. The van der Waals surface area contributed by atoms with Crippen LogP contribution in [0.2, 0.25) is 0 Å². The topological polar surface area (TPSA) is 47.1 Å².